The van der Waals surface area contributed by atoms with E-state index in [1.807, 2.05) is 18.2 Å². The Kier molecular flexibility index (Phi) is 3.16. The lowest BCUT2D eigenvalue weighted by Crippen LogP contribution is -2.13. The molecule has 1 atom stereocenters. The predicted octanol–water partition coefficient (Wildman–Crippen LogP) is 3.20. The van der Waals surface area contributed by atoms with Gasteiger partial charge in [0.2, 0.25) is 0 Å². The van der Waals surface area contributed by atoms with Gasteiger partial charge in [-0.15, -0.1) is 0 Å². The van der Waals surface area contributed by atoms with Crippen LogP contribution in [0.1, 0.15) is 17.2 Å². The van der Waals surface area contributed by atoms with Crippen molar-refractivity contribution in [2.24, 2.45) is 0 Å². The van der Waals surface area contributed by atoms with Gasteiger partial charge in [0.1, 0.15) is 11.6 Å². The number of imidazole rings is 1. The summed E-state index contributed by atoms with van der Waals surface area (Å²) in [6, 6.07) is 12.6. The molecule has 0 spiro atoms. The fourth-order valence-electron chi connectivity index (χ4n) is 2.21. The van der Waals surface area contributed by atoms with Gasteiger partial charge in [-0.1, -0.05) is 41.9 Å². The van der Waals surface area contributed by atoms with Gasteiger partial charge >= 0.3 is 5.97 Å². The maximum atomic E-state index is 11.6. The van der Waals surface area contributed by atoms with Crippen LogP contribution in [-0.4, -0.2) is 20.5 Å². The molecule has 0 aliphatic rings. The van der Waals surface area contributed by atoms with E-state index in [0.717, 1.165) is 0 Å². The Bertz CT molecular complexity index is 768. The fourth-order valence-corrected chi connectivity index (χ4v) is 2.38. The third kappa shape index (κ3) is 2.26. The molecule has 1 N–H and O–H groups in total. The van der Waals surface area contributed by atoms with Crippen molar-refractivity contribution in [1.29, 1.82) is 0 Å². The first-order valence-electron chi connectivity index (χ1n) is 6.07. The summed E-state index contributed by atoms with van der Waals surface area (Å²) in [4.78, 5) is 15.9. The third-order valence-corrected chi connectivity index (χ3v) is 3.33. The quantitative estimate of drug-likeness (QED) is 0.804. The van der Waals surface area contributed by atoms with E-state index in [2.05, 4.69) is 4.98 Å². The Morgan fingerprint density at radius 1 is 1.15 bits per heavy atom. The highest BCUT2D eigenvalue weighted by molar-refractivity contribution is 6.30. The van der Waals surface area contributed by atoms with Gasteiger partial charge in [0.15, 0.2) is 0 Å². The van der Waals surface area contributed by atoms with E-state index in [0.29, 0.717) is 21.9 Å². The van der Waals surface area contributed by atoms with E-state index in [4.69, 9.17) is 11.6 Å². The first-order valence-corrected chi connectivity index (χ1v) is 6.45. The van der Waals surface area contributed by atoms with Crippen molar-refractivity contribution in [3.05, 3.63) is 71.1 Å². The van der Waals surface area contributed by atoms with E-state index in [1.54, 1.807) is 41.1 Å². The zero-order valence-corrected chi connectivity index (χ0v) is 11.2. The lowest BCUT2D eigenvalue weighted by Gasteiger charge is -2.09. The summed E-state index contributed by atoms with van der Waals surface area (Å²) in [5.74, 6) is -1.71. The minimum atomic E-state index is -0.925. The number of carboxylic acid groups (broad SMARTS) is 1. The molecule has 20 heavy (non-hydrogen) atoms. The fraction of sp³-hybridized carbons (Fsp3) is 0.0667. The van der Waals surface area contributed by atoms with Crippen molar-refractivity contribution in [2.75, 3.05) is 0 Å². The lowest BCUT2D eigenvalue weighted by molar-refractivity contribution is -0.137. The minimum absolute atomic E-state index is 0.492. The van der Waals surface area contributed by atoms with Gasteiger partial charge in [0, 0.05) is 12.4 Å². The van der Waals surface area contributed by atoms with Crippen molar-refractivity contribution in [3.63, 3.8) is 0 Å². The van der Waals surface area contributed by atoms with Gasteiger partial charge in [-0.3, -0.25) is 4.79 Å². The van der Waals surface area contributed by atoms with Crippen molar-refractivity contribution in [1.82, 2.24) is 9.38 Å². The Morgan fingerprint density at radius 3 is 2.60 bits per heavy atom. The summed E-state index contributed by atoms with van der Waals surface area (Å²) < 4.78 is 1.73. The SMILES string of the molecule is O=C(O)[C@@H](c1ccccc1)c1cn2cc(Cl)ccc2n1. The molecule has 100 valence electrons. The van der Waals surface area contributed by atoms with E-state index in [9.17, 15) is 9.90 Å². The summed E-state index contributed by atoms with van der Waals surface area (Å²) in [7, 11) is 0. The highest BCUT2D eigenvalue weighted by atomic mass is 35.5. The van der Waals surface area contributed by atoms with Crippen molar-refractivity contribution >= 4 is 23.2 Å². The van der Waals surface area contributed by atoms with Crippen LogP contribution in [0.25, 0.3) is 5.65 Å². The largest absolute Gasteiger partial charge is 0.480 e. The summed E-state index contributed by atoms with van der Waals surface area (Å²) in [5, 5.41) is 10.1. The zero-order chi connectivity index (χ0) is 14.1. The molecule has 0 saturated carbocycles. The molecule has 3 aromatic rings. The number of aliphatic carboxylic acids is 1. The Labute approximate surface area is 120 Å². The van der Waals surface area contributed by atoms with Crippen LogP contribution in [0, 0.1) is 0 Å². The normalized spacial score (nSPS) is 12.4. The van der Waals surface area contributed by atoms with Gasteiger partial charge in [-0.05, 0) is 17.7 Å². The average Bonchev–Trinajstić information content (AvgIpc) is 2.82. The molecular formula is C15H11ClN2O2. The second kappa shape index (κ2) is 4.98. The standard InChI is InChI=1S/C15H11ClN2O2/c16-11-6-7-13-17-12(9-18(13)8-11)14(15(19)20)10-4-2-1-3-5-10/h1-9,14H,(H,19,20)/t14-/m0/s1. The molecule has 5 heteroatoms. The second-order valence-corrected chi connectivity index (χ2v) is 4.90. The number of hydrogen-bond donors (Lipinski definition) is 1. The van der Waals surface area contributed by atoms with E-state index < -0.39 is 11.9 Å². The molecule has 0 unspecified atom stereocenters. The number of halogens is 1. The van der Waals surface area contributed by atoms with Crippen LogP contribution in [0.3, 0.4) is 0 Å². The molecule has 0 fully saturated rings. The average molecular weight is 287 g/mol. The molecule has 0 radical (unpaired) electrons. The molecule has 2 heterocycles. The lowest BCUT2D eigenvalue weighted by atomic mass is 9.96. The second-order valence-electron chi connectivity index (χ2n) is 4.46. The Hall–Kier alpha value is -2.33. The molecule has 0 aliphatic carbocycles. The van der Waals surface area contributed by atoms with Crippen LogP contribution in [0.5, 0.6) is 0 Å². The smallest absolute Gasteiger partial charge is 0.317 e. The van der Waals surface area contributed by atoms with Crippen LogP contribution in [0.2, 0.25) is 5.02 Å². The van der Waals surface area contributed by atoms with Crippen LogP contribution < -0.4 is 0 Å². The number of benzene rings is 1. The maximum absolute atomic E-state index is 11.6. The first-order chi connectivity index (χ1) is 9.65. The van der Waals surface area contributed by atoms with Gasteiger partial charge in [0.25, 0.3) is 0 Å². The molecular weight excluding hydrogens is 276 g/mol. The Morgan fingerprint density at radius 2 is 1.90 bits per heavy atom. The highest BCUT2D eigenvalue weighted by Crippen LogP contribution is 2.25. The number of pyridine rings is 1. The number of fused-ring (bicyclic) bond motifs is 1. The Balaban J connectivity index is 2.13. The molecule has 0 amide bonds. The monoisotopic (exact) mass is 286 g/mol. The van der Waals surface area contributed by atoms with Crippen LogP contribution in [0.15, 0.2) is 54.9 Å². The molecule has 4 nitrogen and oxygen atoms in total. The highest BCUT2D eigenvalue weighted by Gasteiger charge is 2.24. The zero-order valence-electron chi connectivity index (χ0n) is 10.4. The first kappa shape index (κ1) is 12.7. The number of aromatic nitrogens is 2. The van der Waals surface area contributed by atoms with Crippen LogP contribution >= 0.6 is 11.6 Å². The molecule has 0 saturated heterocycles. The molecule has 3 rings (SSSR count). The van der Waals surface area contributed by atoms with E-state index in [-0.39, 0.29) is 0 Å². The number of carboxylic acids is 1. The minimum Gasteiger partial charge on any atom is -0.480 e. The van der Waals surface area contributed by atoms with E-state index in [1.165, 1.54) is 0 Å². The van der Waals surface area contributed by atoms with Gasteiger partial charge < -0.3 is 9.51 Å². The molecule has 0 aliphatic heterocycles. The van der Waals surface area contributed by atoms with Crippen LogP contribution in [-0.2, 0) is 4.79 Å². The maximum Gasteiger partial charge on any atom is 0.317 e. The summed E-state index contributed by atoms with van der Waals surface area (Å²) in [5.41, 5.74) is 1.87. The molecule has 0 bridgehead atoms. The van der Waals surface area contributed by atoms with Crippen LogP contribution in [0.4, 0.5) is 0 Å². The topological polar surface area (TPSA) is 54.6 Å². The number of nitrogens with zero attached hydrogens (tertiary/aromatic N) is 2. The van der Waals surface area contributed by atoms with Gasteiger partial charge in [-0.25, -0.2) is 4.98 Å². The summed E-state index contributed by atoms with van der Waals surface area (Å²) in [6.45, 7) is 0. The van der Waals surface area contributed by atoms with Gasteiger partial charge in [-0.2, -0.15) is 0 Å². The number of rotatable bonds is 3. The molecule has 1 aromatic carbocycles. The summed E-state index contributed by atoms with van der Waals surface area (Å²) in [6.07, 6.45) is 3.41. The van der Waals surface area contributed by atoms with Gasteiger partial charge in [0.05, 0.1) is 10.7 Å². The number of carbonyl (C=O) groups is 1. The number of hydrogen-bond acceptors (Lipinski definition) is 2. The van der Waals surface area contributed by atoms with Crippen molar-refractivity contribution in [3.8, 4) is 0 Å². The predicted molar refractivity (Wildman–Crippen MR) is 76.1 cm³/mol. The molecule has 2 aromatic heterocycles. The third-order valence-electron chi connectivity index (χ3n) is 3.11. The van der Waals surface area contributed by atoms with Crippen molar-refractivity contribution in [2.45, 2.75) is 5.92 Å². The van der Waals surface area contributed by atoms with Crippen molar-refractivity contribution < 1.29 is 9.90 Å². The van der Waals surface area contributed by atoms with E-state index >= 15 is 0 Å². The summed E-state index contributed by atoms with van der Waals surface area (Å²) >= 11 is 5.92.